The van der Waals surface area contributed by atoms with Crippen molar-refractivity contribution < 1.29 is 9.18 Å². The Morgan fingerprint density at radius 3 is 2.78 bits per heavy atom. The van der Waals surface area contributed by atoms with Gasteiger partial charge in [0.05, 0.1) is 6.54 Å². The van der Waals surface area contributed by atoms with Gasteiger partial charge in [0.25, 0.3) is 0 Å². The van der Waals surface area contributed by atoms with Gasteiger partial charge in [0.2, 0.25) is 5.91 Å². The number of rotatable bonds is 6. The Labute approximate surface area is 111 Å². The molecule has 4 nitrogen and oxygen atoms in total. The predicted molar refractivity (Wildman–Crippen MR) is 74.1 cm³/mol. The van der Waals surface area contributed by atoms with Gasteiger partial charge in [-0.15, -0.1) is 0 Å². The van der Waals surface area contributed by atoms with Gasteiger partial charge < -0.3 is 16.4 Å². The highest BCUT2D eigenvalue weighted by Crippen LogP contribution is 2.14. The van der Waals surface area contributed by atoms with E-state index in [2.05, 4.69) is 10.6 Å². The third kappa shape index (κ3) is 4.29. The van der Waals surface area contributed by atoms with E-state index >= 15 is 0 Å². The molecule has 6 heteroatoms. The van der Waals surface area contributed by atoms with Crippen molar-refractivity contribution in [3.63, 3.8) is 0 Å². The SMILES string of the molecule is CCCNC(=O)CNc1ccc(C(N)=S)c(F)c1. The first-order valence-electron chi connectivity index (χ1n) is 5.64. The zero-order valence-electron chi connectivity index (χ0n) is 10.1. The zero-order chi connectivity index (χ0) is 13.5. The van der Waals surface area contributed by atoms with E-state index in [1.54, 1.807) is 6.07 Å². The molecule has 4 N–H and O–H groups in total. The molecular weight excluding hydrogens is 253 g/mol. The number of halogens is 1. The number of carbonyl (C=O) groups is 1. The fourth-order valence-electron chi connectivity index (χ4n) is 1.33. The minimum absolute atomic E-state index is 0.0136. The number of amides is 1. The lowest BCUT2D eigenvalue weighted by Crippen LogP contribution is -2.30. The average molecular weight is 269 g/mol. The van der Waals surface area contributed by atoms with Crippen LogP contribution in [0.3, 0.4) is 0 Å². The molecule has 1 amide bonds. The number of nitrogens with two attached hydrogens (primary N) is 1. The average Bonchev–Trinajstić information content (AvgIpc) is 2.33. The highest BCUT2D eigenvalue weighted by molar-refractivity contribution is 7.80. The molecule has 0 bridgehead atoms. The van der Waals surface area contributed by atoms with Crippen LogP contribution < -0.4 is 16.4 Å². The van der Waals surface area contributed by atoms with E-state index in [-0.39, 0.29) is 23.0 Å². The van der Waals surface area contributed by atoms with Gasteiger partial charge >= 0.3 is 0 Å². The van der Waals surface area contributed by atoms with Crippen molar-refractivity contribution in [3.8, 4) is 0 Å². The van der Waals surface area contributed by atoms with Crippen LogP contribution in [0.15, 0.2) is 18.2 Å². The van der Waals surface area contributed by atoms with Crippen LogP contribution in [0.1, 0.15) is 18.9 Å². The monoisotopic (exact) mass is 269 g/mol. The zero-order valence-corrected chi connectivity index (χ0v) is 10.9. The van der Waals surface area contributed by atoms with Gasteiger partial charge in [-0.05, 0) is 24.6 Å². The van der Waals surface area contributed by atoms with Crippen molar-refractivity contribution in [2.75, 3.05) is 18.4 Å². The minimum Gasteiger partial charge on any atom is -0.389 e. The summed E-state index contributed by atoms with van der Waals surface area (Å²) in [6.45, 7) is 2.71. The van der Waals surface area contributed by atoms with E-state index in [4.69, 9.17) is 18.0 Å². The molecule has 0 unspecified atom stereocenters. The smallest absolute Gasteiger partial charge is 0.239 e. The molecule has 0 spiro atoms. The number of anilines is 1. The summed E-state index contributed by atoms with van der Waals surface area (Å²) < 4.78 is 13.5. The Balaban J connectivity index is 2.56. The van der Waals surface area contributed by atoms with Crippen LogP contribution in [0.5, 0.6) is 0 Å². The Morgan fingerprint density at radius 2 is 2.22 bits per heavy atom. The summed E-state index contributed by atoms with van der Waals surface area (Å²) in [6.07, 6.45) is 0.878. The van der Waals surface area contributed by atoms with Gasteiger partial charge in [0.1, 0.15) is 10.8 Å². The first kappa shape index (κ1) is 14.4. The second-order valence-corrected chi connectivity index (χ2v) is 4.20. The molecular formula is C12H16FN3OS. The molecule has 0 aliphatic carbocycles. The maximum atomic E-state index is 13.5. The first-order valence-corrected chi connectivity index (χ1v) is 6.05. The number of hydrogen-bond donors (Lipinski definition) is 3. The normalized spacial score (nSPS) is 9.89. The molecule has 0 aliphatic heterocycles. The highest BCUT2D eigenvalue weighted by atomic mass is 32.1. The second kappa shape index (κ2) is 6.90. The number of benzene rings is 1. The largest absolute Gasteiger partial charge is 0.389 e. The van der Waals surface area contributed by atoms with E-state index in [1.807, 2.05) is 6.92 Å². The summed E-state index contributed by atoms with van der Waals surface area (Å²) in [4.78, 5) is 11.3. The van der Waals surface area contributed by atoms with Crippen LogP contribution in [-0.4, -0.2) is 24.0 Å². The Kier molecular flexibility index (Phi) is 5.51. The molecule has 0 radical (unpaired) electrons. The van der Waals surface area contributed by atoms with Gasteiger partial charge in [0.15, 0.2) is 0 Å². The lowest BCUT2D eigenvalue weighted by Gasteiger charge is -2.08. The van der Waals surface area contributed by atoms with Crippen LogP contribution in [-0.2, 0) is 4.79 Å². The molecule has 98 valence electrons. The van der Waals surface area contributed by atoms with Crippen molar-refractivity contribution in [2.45, 2.75) is 13.3 Å². The molecule has 0 fully saturated rings. The predicted octanol–water partition coefficient (Wildman–Crippen LogP) is 1.40. The van der Waals surface area contributed by atoms with E-state index in [1.165, 1.54) is 12.1 Å². The maximum absolute atomic E-state index is 13.5. The lowest BCUT2D eigenvalue weighted by molar-refractivity contribution is -0.119. The number of nitrogens with one attached hydrogen (secondary N) is 2. The molecule has 0 heterocycles. The van der Waals surface area contributed by atoms with Gasteiger partial charge in [0, 0.05) is 17.8 Å². The molecule has 1 aromatic carbocycles. The van der Waals surface area contributed by atoms with Crippen LogP contribution >= 0.6 is 12.2 Å². The molecule has 1 aromatic rings. The lowest BCUT2D eigenvalue weighted by atomic mass is 10.2. The third-order valence-corrected chi connectivity index (χ3v) is 2.48. The Hall–Kier alpha value is -1.69. The number of hydrogen-bond acceptors (Lipinski definition) is 3. The summed E-state index contributed by atoms with van der Waals surface area (Å²) in [5.74, 6) is -0.628. The van der Waals surface area contributed by atoms with Crippen molar-refractivity contribution in [1.29, 1.82) is 0 Å². The van der Waals surface area contributed by atoms with Gasteiger partial charge in [-0.1, -0.05) is 19.1 Å². The van der Waals surface area contributed by atoms with Crippen LogP contribution in [0.4, 0.5) is 10.1 Å². The fourth-order valence-corrected chi connectivity index (χ4v) is 1.50. The molecule has 1 rings (SSSR count). The van der Waals surface area contributed by atoms with Crippen LogP contribution in [0.25, 0.3) is 0 Å². The standard InChI is InChI=1S/C12H16FN3OS/c1-2-5-15-11(17)7-16-8-3-4-9(12(14)18)10(13)6-8/h3-4,6,16H,2,5,7H2,1H3,(H2,14,18)(H,15,17). The highest BCUT2D eigenvalue weighted by Gasteiger charge is 2.06. The summed E-state index contributed by atoms with van der Waals surface area (Å²) >= 11 is 4.70. The quantitative estimate of drug-likeness (QED) is 0.683. The third-order valence-electron chi connectivity index (χ3n) is 2.26. The summed E-state index contributed by atoms with van der Waals surface area (Å²) in [7, 11) is 0. The summed E-state index contributed by atoms with van der Waals surface area (Å²) in [6, 6.07) is 4.39. The minimum atomic E-state index is -0.499. The maximum Gasteiger partial charge on any atom is 0.239 e. The number of carbonyl (C=O) groups excluding carboxylic acids is 1. The topological polar surface area (TPSA) is 67.2 Å². The molecule has 0 aromatic heterocycles. The van der Waals surface area contributed by atoms with Crippen molar-refractivity contribution in [1.82, 2.24) is 5.32 Å². The van der Waals surface area contributed by atoms with E-state index in [0.717, 1.165) is 6.42 Å². The van der Waals surface area contributed by atoms with Gasteiger partial charge in [-0.25, -0.2) is 4.39 Å². The van der Waals surface area contributed by atoms with Crippen molar-refractivity contribution in [3.05, 3.63) is 29.6 Å². The molecule has 18 heavy (non-hydrogen) atoms. The van der Waals surface area contributed by atoms with Crippen LogP contribution in [0.2, 0.25) is 0 Å². The number of thiocarbonyl (C=S) groups is 1. The van der Waals surface area contributed by atoms with Crippen molar-refractivity contribution >= 4 is 28.8 Å². The second-order valence-electron chi connectivity index (χ2n) is 3.76. The summed E-state index contributed by atoms with van der Waals surface area (Å²) in [5.41, 5.74) is 6.06. The molecule has 0 saturated carbocycles. The molecule has 0 saturated heterocycles. The van der Waals surface area contributed by atoms with Gasteiger partial charge in [-0.2, -0.15) is 0 Å². The molecule has 0 atom stereocenters. The molecule has 0 aliphatic rings. The van der Waals surface area contributed by atoms with Crippen LogP contribution in [0, 0.1) is 5.82 Å². The Morgan fingerprint density at radius 1 is 1.50 bits per heavy atom. The summed E-state index contributed by atoms with van der Waals surface area (Å²) in [5, 5.41) is 5.53. The fraction of sp³-hybridized carbons (Fsp3) is 0.333. The van der Waals surface area contributed by atoms with Crippen molar-refractivity contribution in [2.24, 2.45) is 5.73 Å². The van der Waals surface area contributed by atoms with E-state index in [0.29, 0.717) is 12.2 Å². The Bertz CT molecular complexity index is 451. The first-order chi connectivity index (χ1) is 8.54. The van der Waals surface area contributed by atoms with E-state index < -0.39 is 5.82 Å². The van der Waals surface area contributed by atoms with Gasteiger partial charge in [-0.3, -0.25) is 4.79 Å². The van der Waals surface area contributed by atoms with E-state index in [9.17, 15) is 9.18 Å².